The lowest BCUT2D eigenvalue weighted by atomic mass is 10.3. The maximum Gasteiger partial charge on any atom is 0.234 e. The highest BCUT2D eigenvalue weighted by Gasteiger charge is 2.07. The predicted octanol–water partition coefficient (Wildman–Crippen LogP) is 0.471. The number of carbonyl (C=O) groups is 1. The fourth-order valence-electron chi connectivity index (χ4n) is 1.28. The third-order valence-electron chi connectivity index (χ3n) is 2.28. The molecule has 1 heterocycles. The summed E-state index contributed by atoms with van der Waals surface area (Å²) in [7, 11) is 0. The van der Waals surface area contributed by atoms with Crippen LogP contribution in [0.25, 0.3) is 0 Å². The van der Waals surface area contributed by atoms with Gasteiger partial charge in [0.05, 0.1) is 6.04 Å². The maximum atomic E-state index is 10.8. The molecule has 0 spiro atoms. The normalized spacial score (nSPS) is 12.7. The fourth-order valence-corrected chi connectivity index (χ4v) is 1.28. The minimum Gasteiger partial charge on any atom is -0.368 e. The molecular weight excluding hydrogens is 178 g/mol. The van der Waals surface area contributed by atoms with E-state index in [2.05, 4.69) is 16.8 Å². The second-order valence-corrected chi connectivity index (χ2v) is 3.29. The van der Waals surface area contributed by atoms with E-state index >= 15 is 0 Å². The Balaban J connectivity index is 2.49. The van der Waals surface area contributed by atoms with Crippen LogP contribution in [-0.2, 0) is 17.9 Å². The first-order chi connectivity index (χ1) is 6.65. The second-order valence-electron chi connectivity index (χ2n) is 3.29. The largest absolute Gasteiger partial charge is 0.368 e. The molecule has 0 radical (unpaired) electrons. The van der Waals surface area contributed by atoms with Crippen LogP contribution in [0.4, 0.5) is 0 Å². The number of carbonyl (C=O) groups excluding carboxylic acids is 1. The zero-order valence-corrected chi connectivity index (χ0v) is 8.66. The van der Waals surface area contributed by atoms with E-state index in [0.717, 1.165) is 6.54 Å². The molecule has 0 aliphatic rings. The monoisotopic (exact) mass is 195 g/mol. The van der Waals surface area contributed by atoms with Gasteiger partial charge in [0.25, 0.3) is 0 Å². The molecule has 4 nitrogen and oxygen atoms in total. The average Bonchev–Trinajstić information content (AvgIpc) is 2.60. The molecule has 1 aromatic heterocycles. The van der Waals surface area contributed by atoms with Gasteiger partial charge in [-0.25, -0.2) is 0 Å². The summed E-state index contributed by atoms with van der Waals surface area (Å²) in [6.07, 6.45) is 2.02. The standard InChI is InChI=1S/C10H17N3O/c1-3-13-6-4-5-9(13)7-12-8(2)10(11)14/h4-6,8,12H,3,7H2,1-2H3,(H2,11,14). The van der Waals surface area contributed by atoms with Gasteiger partial charge in [0, 0.05) is 25.0 Å². The number of aryl methyl sites for hydroxylation is 1. The van der Waals surface area contributed by atoms with Crippen LogP contribution >= 0.6 is 0 Å². The van der Waals surface area contributed by atoms with Gasteiger partial charge in [0.1, 0.15) is 0 Å². The summed E-state index contributed by atoms with van der Waals surface area (Å²) in [5.74, 6) is -0.320. The molecule has 14 heavy (non-hydrogen) atoms. The average molecular weight is 195 g/mol. The van der Waals surface area contributed by atoms with Crippen LogP contribution in [-0.4, -0.2) is 16.5 Å². The molecule has 78 valence electrons. The van der Waals surface area contributed by atoms with Crippen molar-refractivity contribution < 1.29 is 4.79 Å². The Kier molecular flexibility index (Phi) is 3.71. The number of primary amides is 1. The van der Waals surface area contributed by atoms with E-state index in [9.17, 15) is 4.79 Å². The molecule has 0 saturated heterocycles. The van der Waals surface area contributed by atoms with E-state index in [-0.39, 0.29) is 11.9 Å². The summed E-state index contributed by atoms with van der Waals surface area (Å²) in [6.45, 7) is 5.46. The molecule has 0 aliphatic carbocycles. The van der Waals surface area contributed by atoms with Crippen LogP contribution in [0.15, 0.2) is 18.3 Å². The van der Waals surface area contributed by atoms with Gasteiger partial charge in [-0.1, -0.05) is 0 Å². The molecule has 3 N–H and O–H groups in total. The number of nitrogens with two attached hydrogens (primary N) is 1. The smallest absolute Gasteiger partial charge is 0.234 e. The third kappa shape index (κ3) is 2.60. The quantitative estimate of drug-likeness (QED) is 0.717. The van der Waals surface area contributed by atoms with Gasteiger partial charge in [0.15, 0.2) is 0 Å². The van der Waals surface area contributed by atoms with E-state index in [1.165, 1.54) is 5.69 Å². The van der Waals surface area contributed by atoms with Gasteiger partial charge in [-0.15, -0.1) is 0 Å². The molecule has 0 aromatic carbocycles. The SMILES string of the molecule is CCn1cccc1CNC(C)C(N)=O. The van der Waals surface area contributed by atoms with Crippen molar-refractivity contribution in [1.29, 1.82) is 0 Å². The lowest BCUT2D eigenvalue weighted by molar-refractivity contribution is -0.119. The van der Waals surface area contributed by atoms with Crippen LogP contribution in [0.3, 0.4) is 0 Å². The fraction of sp³-hybridized carbons (Fsp3) is 0.500. The number of amides is 1. The Bertz CT molecular complexity index is 306. The molecule has 1 atom stereocenters. The van der Waals surface area contributed by atoms with Crippen LogP contribution in [0.1, 0.15) is 19.5 Å². The van der Waals surface area contributed by atoms with Crippen LogP contribution in [0.5, 0.6) is 0 Å². The Morgan fingerprint density at radius 1 is 1.71 bits per heavy atom. The maximum absolute atomic E-state index is 10.8. The lowest BCUT2D eigenvalue weighted by Gasteiger charge is -2.11. The summed E-state index contributed by atoms with van der Waals surface area (Å²) in [6, 6.07) is 3.75. The first-order valence-electron chi connectivity index (χ1n) is 4.82. The molecule has 1 unspecified atom stereocenters. The molecule has 4 heteroatoms. The van der Waals surface area contributed by atoms with Crippen LogP contribution < -0.4 is 11.1 Å². The summed E-state index contributed by atoms with van der Waals surface area (Å²) >= 11 is 0. The molecule has 0 fully saturated rings. The van der Waals surface area contributed by atoms with E-state index < -0.39 is 0 Å². The zero-order chi connectivity index (χ0) is 10.6. The molecule has 0 saturated carbocycles. The van der Waals surface area contributed by atoms with E-state index in [4.69, 9.17) is 5.73 Å². The highest BCUT2D eigenvalue weighted by molar-refractivity contribution is 5.79. The van der Waals surface area contributed by atoms with Crippen molar-refractivity contribution in [2.45, 2.75) is 33.0 Å². The van der Waals surface area contributed by atoms with Crippen molar-refractivity contribution in [3.8, 4) is 0 Å². The number of nitrogens with zero attached hydrogens (tertiary/aromatic N) is 1. The number of rotatable bonds is 5. The van der Waals surface area contributed by atoms with Crippen LogP contribution in [0.2, 0.25) is 0 Å². The van der Waals surface area contributed by atoms with Crippen molar-refractivity contribution >= 4 is 5.91 Å². The molecule has 1 rings (SSSR count). The van der Waals surface area contributed by atoms with Crippen molar-refractivity contribution in [1.82, 2.24) is 9.88 Å². The zero-order valence-electron chi connectivity index (χ0n) is 8.66. The molecular formula is C10H17N3O. The first kappa shape index (κ1) is 10.8. The molecule has 1 amide bonds. The predicted molar refractivity (Wildman–Crippen MR) is 55.6 cm³/mol. The van der Waals surface area contributed by atoms with E-state index in [0.29, 0.717) is 6.54 Å². The summed E-state index contributed by atoms with van der Waals surface area (Å²) in [4.78, 5) is 10.8. The number of nitrogens with one attached hydrogen (secondary N) is 1. The molecule has 0 aliphatic heterocycles. The van der Waals surface area contributed by atoms with Crippen molar-refractivity contribution in [3.63, 3.8) is 0 Å². The molecule has 0 bridgehead atoms. The van der Waals surface area contributed by atoms with Crippen molar-refractivity contribution in [3.05, 3.63) is 24.0 Å². The highest BCUT2D eigenvalue weighted by atomic mass is 16.1. The van der Waals surface area contributed by atoms with Crippen LogP contribution in [0, 0.1) is 0 Å². The van der Waals surface area contributed by atoms with Gasteiger partial charge in [-0.2, -0.15) is 0 Å². The number of aromatic nitrogens is 1. The van der Waals surface area contributed by atoms with E-state index in [1.807, 2.05) is 18.3 Å². The summed E-state index contributed by atoms with van der Waals surface area (Å²) < 4.78 is 2.13. The van der Waals surface area contributed by atoms with Gasteiger partial charge in [-0.3, -0.25) is 4.79 Å². The Morgan fingerprint density at radius 3 is 3.00 bits per heavy atom. The first-order valence-corrected chi connectivity index (χ1v) is 4.82. The van der Waals surface area contributed by atoms with Crippen molar-refractivity contribution in [2.75, 3.05) is 0 Å². The van der Waals surface area contributed by atoms with Gasteiger partial charge in [0.2, 0.25) is 5.91 Å². The van der Waals surface area contributed by atoms with Crippen molar-refractivity contribution in [2.24, 2.45) is 5.73 Å². The second kappa shape index (κ2) is 4.81. The Morgan fingerprint density at radius 2 is 2.43 bits per heavy atom. The minimum absolute atomic E-state index is 0.282. The Hall–Kier alpha value is -1.29. The highest BCUT2D eigenvalue weighted by Crippen LogP contribution is 2.01. The Labute approximate surface area is 84.1 Å². The number of hydrogen-bond acceptors (Lipinski definition) is 2. The van der Waals surface area contributed by atoms with Gasteiger partial charge >= 0.3 is 0 Å². The lowest BCUT2D eigenvalue weighted by Crippen LogP contribution is -2.38. The minimum atomic E-state index is -0.320. The van der Waals surface area contributed by atoms with Gasteiger partial charge < -0.3 is 15.6 Å². The molecule has 1 aromatic rings. The van der Waals surface area contributed by atoms with Gasteiger partial charge in [-0.05, 0) is 26.0 Å². The number of hydrogen-bond donors (Lipinski definition) is 2. The topological polar surface area (TPSA) is 60.1 Å². The van der Waals surface area contributed by atoms with E-state index in [1.54, 1.807) is 6.92 Å². The summed E-state index contributed by atoms with van der Waals surface area (Å²) in [5.41, 5.74) is 6.30. The summed E-state index contributed by atoms with van der Waals surface area (Å²) in [5, 5.41) is 3.06. The third-order valence-corrected chi connectivity index (χ3v) is 2.28.